The van der Waals surface area contributed by atoms with Crippen molar-refractivity contribution < 1.29 is 24.5 Å². The number of carbonyl (C=O) groups is 2. The molecular formula is C79H153NO5. The van der Waals surface area contributed by atoms with E-state index < -0.39 is 12.1 Å². The second-order valence-corrected chi connectivity index (χ2v) is 27.0. The number of aliphatic hydroxyl groups is 2. The Bertz CT molecular complexity index is 1330. The van der Waals surface area contributed by atoms with Crippen LogP contribution in [0.4, 0.5) is 0 Å². The first-order valence-corrected chi connectivity index (χ1v) is 39.1. The minimum atomic E-state index is -0.662. The number of allylic oxidation sites excluding steroid dienone is 4. The van der Waals surface area contributed by atoms with E-state index in [2.05, 4.69) is 43.5 Å². The molecule has 0 saturated heterocycles. The van der Waals surface area contributed by atoms with Gasteiger partial charge in [-0.05, 0) is 51.4 Å². The van der Waals surface area contributed by atoms with E-state index in [1.54, 1.807) is 0 Å². The lowest BCUT2D eigenvalue weighted by atomic mass is 10.0. The third kappa shape index (κ3) is 71.3. The molecule has 0 saturated carbocycles. The molecule has 0 aliphatic rings. The summed E-state index contributed by atoms with van der Waals surface area (Å²) in [6.45, 7) is 4.96. The summed E-state index contributed by atoms with van der Waals surface area (Å²) in [4.78, 5) is 24.6. The summed E-state index contributed by atoms with van der Waals surface area (Å²) in [6, 6.07) is -0.538. The monoisotopic (exact) mass is 1200 g/mol. The van der Waals surface area contributed by atoms with Gasteiger partial charge in [-0.25, -0.2) is 0 Å². The average Bonchev–Trinajstić information content (AvgIpc) is 3.51. The highest BCUT2D eigenvalue weighted by atomic mass is 16.5. The number of aliphatic hydroxyl groups excluding tert-OH is 2. The number of ether oxygens (including phenoxy) is 1. The summed E-state index contributed by atoms with van der Waals surface area (Å²) < 4.78 is 5.49. The Kier molecular flexibility index (Phi) is 73.3. The van der Waals surface area contributed by atoms with Crippen LogP contribution in [0, 0.1) is 0 Å². The normalized spacial score (nSPS) is 12.6. The second kappa shape index (κ2) is 74.8. The molecule has 2 atom stereocenters. The summed E-state index contributed by atoms with van der Waals surface area (Å²) in [6.07, 6.45) is 95.5. The van der Waals surface area contributed by atoms with Crippen LogP contribution in [0.15, 0.2) is 24.3 Å². The van der Waals surface area contributed by atoms with E-state index in [0.29, 0.717) is 25.9 Å². The Morgan fingerprint density at radius 3 is 0.929 bits per heavy atom. The van der Waals surface area contributed by atoms with Crippen LogP contribution in [-0.2, 0) is 14.3 Å². The molecule has 85 heavy (non-hydrogen) atoms. The van der Waals surface area contributed by atoms with Gasteiger partial charge in [-0.1, -0.05) is 404 Å². The predicted octanol–water partition coefficient (Wildman–Crippen LogP) is 25.7. The Morgan fingerprint density at radius 1 is 0.329 bits per heavy atom. The number of hydrogen-bond donors (Lipinski definition) is 3. The minimum Gasteiger partial charge on any atom is -0.466 e. The standard InChI is InChI=1S/C79H153NO5/c1-3-5-7-9-11-13-15-17-19-20-21-35-38-41-44-47-51-55-59-63-67-71-77(82)76(75-81)80-78(83)72-68-64-60-56-52-48-45-42-39-36-33-31-29-27-25-23-22-24-26-28-30-32-34-37-40-43-46-50-54-58-62-66-70-74-85-79(84)73-69-65-61-57-53-49-18-16-14-12-10-8-6-4-2/h10,12,16,18,76-77,81-82H,3-9,11,13-15,17,19-75H2,1-2H3,(H,80,83)/b12-10-,18-16-. The van der Waals surface area contributed by atoms with Gasteiger partial charge < -0.3 is 20.3 Å². The van der Waals surface area contributed by atoms with Crippen LogP contribution in [0.25, 0.3) is 0 Å². The summed E-state index contributed by atoms with van der Waals surface area (Å²) in [7, 11) is 0. The molecule has 0 aromatic heterocycles. The highest BCUT2D eigenvalue weighted by molar-refractivity contribution is 5.76. The van der Waals surface area contributed by atoms with E-state index in [1.807, 2.05) is 0 Å². The summed E-state index contributed by atoms with van der Waals surface area (Å²) in [5, 5.41) is 23.5. The molecule has 1 amide bonds. The van der Waals surface area contributed by atoms with E-state index >= 15 is 0 Å². The Morgan fingerprint density at radius 2 is 0.600 bits per heavy atom. The smallest absolute Gasteiger partial charge is 0.305 e. The highest BCUT2D eigenvalue weighted by Gasteiger charge is 2.20. The van der Waals surface area contributed by atoms with E-state index in [1.165, 1.54) is 360 Å². The Labute approximate surface area is 532 Å². The molecule has 0 heterocycles. The Hall–Kier alpha value is -1.66. The molecule has 6 heteroatoms. The predicted molar refractivity (Wildman–Crippen MR) is 375 cm³/mol. The maximum atomic E-state index is 12.6. The van der Waals surface area contributed by atoms with Gasteiger partial charge in [0, 0.05) is 12.8 Å². The van der Waals surface area contributed by atoms with Crippen LogP contribution in [0.2, 0.25) is 0 Å². The molecule has 0 bridgehead atoms. The molecule has 504 valence electrons. The molecule has 0 aromatic rings. The first-order valence-electron chi connectivity index (χ1n) is 39.1. The van der Waals surface area contributed by atoms with Crippen molar-refractivity contribution in [3.8, 4) is 0 Å². The van der Waals surface area contributed by atoms with Gasteiger partial charge >= 0.3 is 5.97 Å². The first-order chi connectivity index (χ1) is 42.0. The van der Waals surface area contributed by atoms with Gasteiger partial charge in [0.2, 0.25) is 5.91 Å². The van der Waals surface area contributed by atoms with E-state index in [4.69, 9.17) is 4.74 Å². The molecular weight excluding hydrogens is 1040 g/mol. The van der Waals surface area contributed by atoms with Crippen molar-refractivity contribution in [3.63, 3.8) is 0 Å². The number of rotatable bonds is 74. The lowest BCUT2D eigenvalue weighted by Gasteiger charge is -2.22. The van der Waals surface area contributed by atoms with Crippen molar-refractivity contribution in [3.05, 3.63) is 24.3 Å². The lowest BCUT2D eigenvalue weighted by molar-refractivity contribution is -0.143. The van der Waals surface area contributed by atoms with Crippen LogP contribution < -0.4 is 5.32 Å². The van der Waals surface area contributed by atoms with Gasteiger partial charge in [-0.2, -0.15) is 0 Å². The van der Waals surface area contributed by atoms with Gasteiger partial charge in [0.25, 0.3) is 0 Å². The molecule has 2 unspecified atom stereocenters. The SMILES string of the molecule is CCCC/C=C\C/C=C\CCCCCCCC(=O)OCCCCCCCCCCCCCCCCCCCCCCCCCCCCCCCCCCCC(=O)NC(CO)C(O)CCCCCCCCCCCCCCCCCCCCCCC. The van der Waals surface area contributed by atoms with Crippen molar-refractivity contribution in [1.82, 2.24) is 5.32 Å². The van der Waals surface area contributed by atoms with Gasteiger partial charge in [0.1, 0.15) is 0 Å². The number of unbranched alkanes of at least 4 members (excludes halogenated alkanes) is 59. The highest BCUT2D eigenvalue weighted by Crippen LogP contribution is 2.20. The third-order valence-corrected chi connectivity index (χ3v) is 18.5. The molecule has 0 aliphatic heterocycles. The average molecular weight is 1200 g/mol. The minimum absolute atomic E-state index is 0.00786. The first kappa shape index (κ1) is 83.3. The zero-order valence-corrected chi connectivity index (χ0v) is 57.9. The van der Waals surface area contributed by atoms with Crippen molar-refractivity contribution in [2.24, 2.45) is 0 Å². The molecule has 0 radical (unpaired) electrons. The van der Waals surface area contributed by atoms with Crippen LogP contribution in [0.3, 0.4) is 0 Å². The Balaban J connectivity index is 3.32. The molecule has 0 fully saturated rings. The van der Waals surface area contributed by atoms with E-state index in [0.717, 1.165) is 51.4 Å². The second-order valence-electron chi connectivity index (χ2n) is 27.0. The summed E-state index contributed by atoms with van der Waals surface area (Å²) in [5.41, 5.74) is 0. The maximum absolute atomic E-state index is 12.6. The lowest BCUT2D eigenvalue weighted by Crippen LogP contribution is -2.45. The molecule has 6 nitrogen and oxygen atoms in total. The van der Waals surface area contributed by atoms with Gasteiger partial charge in [0.15, 0.2) is 0 Å². The molecule has 0 aliphatic carbocycles. The zero-order chi connectivity index (χ0) is 61.3. The molecule has 3 N–H and O–H groups in total. The summed E-state index contributed by atoms with van der Waals surface area (Å²) in [5.74, 6) is -0.0171. The number of hydrogen-bond acceptors (Lipinski definition) is 5. The third-order valence-electron chi connectivity index (χ3n) is 18.5. The van der Waals surface area contributed by atoms with E-state index in [-0.39, 0.29) is 18.5 Å². The van der Waals surface area contributed by atoms with Crippen LogP contribution >= 0.6 is 0 Å². The van der Waals surface area contributed by atoms with Crippen LogP contribution in [0.5, 0.6) is 0 Å². The number of carbonyl (C=O) groups excluding carboxylic acids is 2. The van der Waals surface area contributed by atoms with Gasteiger partial charge in [-0.3, -0.25) is 9.59 Å². The molecule has 0 rings (SSSR count). The fourth-order valence-corrected chi connectivity index (χ4v) is 12.5. The molecule has 0 aromatic carbocycles. The van der Waals surface area contributed by atoms with Crippen molar-refractivity contribution >= 4 is 11.9 Å². The number of esters is 1. The van der Waals surface area contributed by atoms with E-state index in [9.17, 15) is 19.8 Å². The number of amides is 1. The van der Waals surface area contributed by atoms with Crippen LogP contribution in [-0.4, -0.2) is 47.4 Å². The zero-order valence-electron chi connectivity index (χ0n) is 57.9. The fraction of sp³-hybridized carbons (Fsp3) is 0.924. The quantitative estimate of drug-likeness (QED) is 0.0320. The van der Waals surface area contributed by atoms with Crippen molar-refractivity contribution in [2.45, 2.75) is 456 Å². The van der Waals surface area contributed by atoms with Gasteiger partial charge in [0.05, 0.1) is 25.4 Å². The number of nitrogens with one attached hydrogen (secondary N) is 1. The maximum Gasteiger partial charge on any atom is 0.305 e. The largest absolute Gasteiger partial charge is 0.466 e. The topological polar surface area (TPSA) is 95.9 Å². The van der Waals surface area contributed by atoms with Crippen molar-refractivity contribution in [2.75, 3.05) is 13.2 Å². The van der Waals surface area contributed by atoms with Gasteiger partial charge in [-0.15, -0.1) is 0 Å². The van der Waals surface area contributed by atoms with Crippen LogP contribution in [0.1, 0.15) is 444 Å². The van der Waals surface area contributed by atoms with Crippen molar-refractivity contribution in [1.29, 1.82) is 0 Å². The fourth-order valence-electron chi connectivity index (χ4n) is 12.5. The summed E-state index contributed by atoms with van der Waals surface area (Å²) >= 11 is 0. The molecule has 0 spiro atoms.